The summed E-state index contributed by atoms with van der Waals surface area (Å²) in [5.41, 5.74) is 2.86. The minimum absolute atomic E-state index is 0.178. The van der Waals surface area contributed by atoms with Crippen LogP contribution in [0, 0.1) is 0 Å². The van der Waals surface area contributed by atoms with E-state index in [1.54, 1.807) is 11.3 Å². The summed E-state index contributed by atoms with van der Waals surface area (Å²) in [5, 5.41) is 5.43. The first-order valence-corrected chi connectivity index (χ1v) is 8.05. The quantitative estimate of drug-likeness (QED) is 0.776. The number of benzene rings is 1. The van der Waals surface area contributed by atoms with E-state index in [4.69, 9.17) is 4.98 Å². The second-order valence-electron chi connectivity index (χ2n) is 4.56. The van der Waals surface area contributed by atoms with Crippen LogP contribution < -0.4 is 5.32 Å². The average molecular weight is 348 g/mol. The van der Waals surface area contributed by atoms with Gasteiger partial charge in [-0.25, -0.2) is 4.98 Å². The molecule has 2 aromatic heterocycles. The molecule has 0 bridgehead atoms. The molecular weight excluding hydrogens is 334 g/mol. The van der Waals surface area contributed by atoms with Crippen molar-refractivity contribution in [2.75, 3.05) is 7.05 Å². The lowest BCUT2D eigenvalue weighted by Crippen LogP contribution is -2.20. The standard InChI is InChI=1S/C15H14BrN3S/c1-17-14(7-11-6-10(16)9-20-11)15-8-18-12-4-2-3-5-13(12)19-15/h2-6,8-9,14,17H,7H2,1H3. The number of halogens is 1. The van der Waals surface area contributed by atoms with Gasteiger partial charge in [0.2, 0.25) is 0 Å². The van der Waals surface area contributed by atoms with Gasteiger partial charge in [-0.15, -0.1) is 11.3 Å². The fraction of sp³-hybridized carbons (Fsp3) is 0.200. The van der Waals surface area contributed by atoms with Crippen LogP contribution in [0.25, 0.3) is 11.0 Å². The maximum atomic E-state index is 4.72. The molecule has 0 saturated carbocycles. The molecule has 3 nitrogen and oxygen atoms in total. The van der Waals surface area contributed by atoms with Gasteiger partial charge in [0.15, 0.2) is 0 Å². The molecule has 5 heteroatoms. The molecule has 3 rings (SSSR count). The molecule has 0 fully saturated rings. The van der Waals surface area contributed by atoms with Gasteiger partial charge in [0.25, 0.3) is 0 Å². The number of hydrogen-bond donors (Lipinski definition) is 1. The normalized spacial score (nSPS) is 12.7. The van der Waals surface area contributed by atoms with Crippen LogP contribution in [-0.4, -0.2) is 17.0 Å². The fourth-order valence-electron chi connectivity index (χ4n) is 2.16. The molecular formula is C15H14BrN3S. The van der Waals surface area contributed by atoms with E-state index in [-0.39, 0.29) is 6.04 Å². The maximum Gasteiger partial charge on any atom is 0.0890 e. The number of nitrogens with one attached hydrogen (secondary N) is 1. The van der Waals surface area contributed by atoms with Crippen molar-refractivity contribution in [1.29, 1.82) is 0 Å². The van der Waals surface area contributed by atoms with E-state index in [9.17, 15) is 0 Å². The lowest BCUT2D eigenvalue weighted by Gasteiger charge is -2.14. The summed E-state index contributed by atoms with van der Waals surface area (Å²) in [5.74, 6) is 0. The summed E-state index contributed by atoms with van der Waals surface area (Å²) in [6, 6.07) is 10.3. The monoisotopic (exact) mass is 347 g/mol. The molecule has 1 aromatic carbocycles. The number of rotatable bonds is 4. The molecule has 0 aliphatic heterocycles. The second-order valence-corrected chi connectivity index (χ2v) is 6.47. The van der Waals surface area contributed by atoms with E-state index >= 15 is 0 Å². The highest BCUT2D eigenvalue weighted by Gasteiger charge is 2.14. The van der Waals surface area contributed by atoms with E-state index in [1.165, 1.54) is 4.88 Å². The van der Waals surface area contributed by atoms with Crippen LogP contribution in [0.1, 0.15) is 16.6 Å². The van der Waals surface area contributed by atoms with Crippen molar-refractivity contribution in [3.05, 3.63) is 57.0 Å². The smallest absolute Gasteiger partial charge is 0.0890 e. The number of hydrogen-bond acceptors (Lipinski definition) is 4. The molecule has 0 amide bonds. The third-order valence-corrected chi connectivity index (χ3v) is 4.92. The highest BCUT2D eigenvalue weighted by Crippen LogP contribution is 2.25. The van der Waals surface area contributed by atoms with Gasteiger partial charge in [-0.3, -0.25) is 4.98 Å². The second kappa shape index (κ2) is 5.99. The van der Waals surface area contributed by atoms with Gasteiger partial charge in [0, 0.05) is 21.2 Å². The van der Waals surface area contributed by atoms with Crippen LogP contribution >= 0.6 is 27.3 Å². The number of fused-ring (bicyclic) bond motifs is 1. The molecule has 1 N–H and O–H groups in total. The molecule has 20 heavy (non-hydrogen) atoms. The molecule has 0 aliphatic rings. The SMILES string of the molecule is CNC(Cc1cc(Br)cs1)c1cnc2ccccc2n1. The maximum absolute atomic E-state index is 4.72. The zero-order chi connectivity index (χ0) is 13.9. The Hall–Kier alpha value is -1.30. The van der Waals surface area contributed by atoms with E-state index in [1.807, 2.05) is 37.5 Å². The number of para-hydroxylation sites is 2. The molecule has 2 heterocycles. The molecule has 102 valence electrons. The summed E-state index contributed by atoms with van der Waals surface area (Å²) in [7, 11) is 1.96. The number of nitrogens with zero attached hydrogens (tertiary/aromatic N) is 2. The Kier molecular flexibility index (Phi) is 4.10. The molecule has 0 spiro atoms. The Labute approximate surface area is 130 Å². The summed E-state index contributed by atoms with van der Waals surface area (Å²) < 4.78 is 1.14. The highest BCUT2D eigenvalue weighted by molar-refractivity contribution is 9.10. The van der Waals surface area contributed by atoms with Crippen molar-refractivity contribution in [2.45, 2.75) is 12.5 Å². The number of aromatic nitrogens is 2. The van der Waals surface area contributed by atoms with E-state index < -0.39 is 0 Å². The van der Waals surface area contributed by atoms with Gasteiger partial charge in [-0.05, 0) is 41.2 Å². The van der Waals surface area contributed by atoms with Crippen molar-refractivity contribution in [1.82, 2.24) is 15.3 Å². The fourth-order valence-corrected chi connectivity index (χ4v) is 3.65. The Morgan fingerprint density at radius 3 is 2.80 bits per heavy atom. The minimum Gasteiger partial charge on any atom is -0.311 e. The lowest BCUT2D eigenvalue weighted by molar-refractivity contribution is 0.580. The molecule has 0 aliphatic carbocycles. The van der Waals surface area contributed by atoms with E-state index in [0.717, 1.165) is 27.6 Å². The first kappa shape index (κ1) is 13.7. The predicted octanol–water partition coefficient (Wildman–Crippen LogP) is 3.96. The molecule has 3 aromatic rings. The Morgan fingerprint density at radius 1 is 1.30 bits per heavy atom. The van der Waals surface area contributed by atoms with Crippen molar-refractivity contribution in [3.8, 4) is 0 Å². The summed E-state index contributed by atoms with van der Waals surface area (Å²) in [6.45, 7) is 0. The van der Waals surface area contributed by atoms with Gasteiger partial charge in [-0.1, -0.05) is 12.1 Å². The first-order chi connectivity index (χ1) is 9.76. The Balaban J connectivity index is 1.90. The van der Waals surface area contributed by atoms with Gasteiger partial charge < -0.3 is 5.32 Å². The Bertz CT molecular complexity index is 726. The third-order valence-electron chi connectivity index (χ3n) is 3.20. The van der Waals surface area contributed by atoms with E-state index in [2.05, 4.69) is 37.7 Å². The predicted molar refractivity (Wildman–Crippen MR) is 87.1 cm³/mol. The number of thiophene rings is 1. The summed E-state index contributed by atoms with van der Waals surface area (Å²) in [4.78, 5) is 10.5. The van der Waals surface area contributed by atoms with Crippen LogP contribution in [0.4, 0.5) is 0 Å². The van der Waals surface area contributed by atoms with E-state index in [0.29, 0.717) is 0 Å². The zero-order valence-electron chi connectivity index (χ0n) is 11.0. The van der Waals surface area contributed by atoms with Crippen LogP contribution in [0.5, 0.6) is 0 Å². The van der Waals surface area contributed by atoms with Crippen molar-refractivity contribution in [2.24, 2.45) is 0 Å². The van der Waals surface area contributed by atoms with Gasteiger partial charge in [0.1, 0.15) is 0 Å². The van der Waals surface area contributed by atoms with Crippen LogP contribution in [0.2, 0.25) is 0 Å². The largest absolute Gasteiger partial charge is 0.311 e. The lowest BCUT2D eigenvalue weighted by atomic mass is 10.1. The zero-order valence-corrected chi connectivity index (χ0v) is 13.4. The van der Waals surface area contributed by atoms with Crippen LogP contribution in [0.3, 0.4) is 0 Å². The third kappa shape index (κ3) is 2.90. The minimum atomic E-state index is 0.178. The van der Waals surface area contributed by atoms with Crippen molar-refractivity contribution in [3.63, 3.8) is 0 Å². The highest BCUT2D eigenvalue weighted by atomic mass is 79.9. The topological polar surface area (TPSA) is 37.8 Å². The average Bonchev–Trinajstić information content (AvgIpc) is 2.89. The van der Waals surface area contributed by atoms with Gasteiger partial charge >= 0.3 is 0 Å². The van der Waals surface area contributed by atoms with Gasteiger partial charge in [-0.2, -0.15) is 0 Å². The van der Waals surface area contributed by atoms with Gasteiger partial charge in [0.05, 0.1) is 29.0 Å². The molecule has 1 unspecified atom stereocenters. The van der Waals surface area contributed by atoms with Crippen LogP contribution in [-0.2, 0) is 6.42 Å². The summed E-state index contributed by atoms with van der Waals surface area (Å²) >= 11 is 5.25. The molecule has 0 radical (unpaired) electrons. The van der Waals surface area contributed by atoms with Crippen molar-refractivity contribution < 1.29 is 0 Å². The summed E-state index contributed by atoms with van der Waals surface area (Å²) in [6.07, 6.45) is 2.78. The molecule has 1 atom stereocenters. The van der Waals surface area contributed by atoms with Crippen LogP contribution in [0.15, 0.2) is 46.4 Å². The van der Waals surface area contributed by atoms with Crippen molar-refractivity contribution >= 4 is 38.3 Å². The number of likely N-dealkylation sites (N-methyl/N-ethyl adjacent to an activating group) is 1. The first-order valence-electron chi connectivity index (χ1n) is 6.38. The molecule has 0 saturated heterocycles. The Morgan fingerprint density at radius 2 is 2.10 bits per heavy atom.